The van der Waals surface area contributed by atoms with Crippen molar-refractivity contribution < 1.29 is 19.1 Å². The zero-order chi connectivity index (χ0) is 18.1. The van der Waals surface area contributed by atoms with E-state index in [1.165, 1.54) is 0 Å². The summed E-state index contributed by atoms with van der Waals surface area (Å²) in [6, 6.07) is 13.0. The average molecular weight is 352 g/mol. The maximum atomic E-state index is 12.8. The summed E-state index contributed by atoms with van der Waals surface area (Å²) >= 11 is 0. The predicted molar refractivity (Wildman–Crippen MR) is 97.7 cm³/mol. The number of nitrogens with one attached hydrogen (secondary N) is 1. The summed E-state index contributed by atoms with van der Waals surface area (Å²) < 4.78 is 11.1. The zero-order valence-corrected chi connectivity index (χ0v) is 14.5. The number of carbonyl (C=O) groups excluding carboxylic acids is 2. The number of hydrogen-bond donors (Lipinski definition) is 1. The lowest BCUT2D eigenvalue weighted by molar-refractivity contribution is -0.129. The highest BCUT2D eigenvalue weighted by Crippen LogP contribution is 2.36. The molecule has 6 nitrogen and oxygen atoms in total. The van der Waals surface area contributed by atoms with Gasteiger partial charge in [0.15, 0.2) is 11.5 Å². The number of amides is 2. The van der Waals surface area contributed by atoms with Crippen molar-refractivity contribution in [3.63, 3.8) is 0 Å². The maximum Gasteiger partial charge on any atom is 0.239 e. The third-order valence-electron chi connectivity index (χ3n) is 4.68. The Hall–Kier alpha value is -3.02. The Morgan fingerprint density at radius 3 is 2.58 bits per heavy atom. The standard InChI is InChI=1S/C20H20N2O4/c1-13-2-4-14(5-3-13)21-19(23)16-8-9-22(20(16)24)15-6-7-17-18(12-15)26-11-10-25-17/h2-7,12,16H,8-11H2,1H3,(H,21,23). The largest absolute Gasteiger partial charge is 0.486 e. The molecule has 2 aliphatic heterocycles. The normalized spacial score (nSPS) is 18.7. The Balaban J connectivity index is 1.47. The van der Waals surface area contributed by atoms with Crippen LogP contribution in [0.3, 0.4) is 0 Å². The molecular weight excluding hydrogens is 332 g/mol. The molecule has 1 saturated heterocycles. The van der Waals surface area contributed by atoms with Gasteiger partial charge in [-0.2, -0.15) is 0 Å². The molecule has 2 aliphatic rings. The first-order valence-electron chi connectivity index (χ1n) is 8.70. The van der Waals surface area contributed by atoms with E-state index in [2.05, 4.69) is 5.32 Å². The summed E-state index contributed by atoms with van der Waals surface area (Å²) in [5.74, 6) is 0.184. The highest BCUT2D eigenvalue weighted by molar-refractivity contribution is 6.13. The van der Waals surface area contributed by atoms with Gasteiger partial charge in [0.1, 0.15) is 19.1 Å². The van der Waals surface area contributed by atoms with Gasteiger partial charge in [0.05, 0.1) is 0 Å². The van der Waals surface area contributed by atoms with E-state index < -0.39 is 5.92 Å². The molecule has 2 amide bonds. The van der Waals surface area contributed by atoms with Crippen LogP contribution in [-0.4, -0.2) is 31.6 Å². The van der Waals surface area contributed by atoms with Crippen molar-refractivity contribution in [2.45, 2.75) is 13.3 Å². The van der Waals surface area contributed by atoms with E-state index >= 15 is 0 Å². The van der Waals surface area contributed by atoms with Gasteiger partial charge < -0.3 is 19.7 Å². The van der Waals surface area contributed by atoms with Crippen molar-refractivity contribution in [1.82, 2.24) is 0 Å². The summed E-state index contributed by atoms with van der Waals surface area (Å²) in [7, 11) is 0. The molecule has 1 unspecified atom stereocenters. The van der Waals surface area contributed by atoms with Crippen LogP contribution >= 0.6 is 0 Å². The molecule has 0 saturated carbocycles. The fraction of sp³-hybridized carbons (Fsp3) is 0.300. The van der Waals surface area contributed by atoms with Crippen molar-refractivity contribution in [3.05, 3.63) is 48.0 Å². The van der Waals surface area contributed by atoms with E-state index in [1.807, 2.05) is 37.3 Å². The van der Waals surface area contributed by atoms with E-state index in [-0.39, 0.29) is 11.8 Å². The summed E-state index contributed by atoms with van der Waals surface area (Å²) in [5.41, 5.74) is 2.54. The van der Waals surface area contributed by atoms with Gasteiger partial charge in [-0.25, -0.2) is 0 Å². The molecule has 2 aromatic rings. The molecule has 1 atom stereocenters. The second-order valence-electron chi connectivity index (χ2n) is 6.51. The Labute approximate surface area is 151 Å². The Bertz CT molecular complexity index is 847. The monoisotopic (exact) mass is 352 g/mol. The van der Waals surface area contributed by atoms with Gasteiger partial charge in [-0.05, 0) is 37.6 Å². The first kappa shape index (κ1) is 16.4. The van der Waals surface area contributed by atoms with Gasteiger partial charge in [0.25, 0.3) is 0 Å². The number of fused-ring (bicyclic) bond motifs is 1. The smallest absolute Gasteiger partial charge is 0.239 e. The zero-order valence-electron chi connectivity index (χ0n) is 14.5. The second kappa shape index (κ2) is 6.71. The van der Waals surface area contributed by atoms with Gasteiger partial charge in [-0.3, -0.25) is 9.59 Å². The van der Waals surface area contributed by atoms with E-state index in [0.29, 0.717) is 43.4 Å². The maximum absolute atomic E-state index is 12.8. The molecular formula is C20H20N2O4. The van der Waals surface area contributed by atoms with Crippen LogP contribution in [0.4, 0.5) is 11.4 Å². The van der Waals surface area contributed by atoms with Gasteiger partial charge in [0.2, 0.25) is 11.8 Å². The number of carbonyl (C=O) groups is 2. The second-order valence-corrected chi connectivity index (χ2v) is 6.51. The minimum atomic E-state index is -0.676. The molecule has 0 aliphatic carbocycles. The minimum Gasteiger partial charge on any atom is -0.486 e. The van der Waals surface area contributed by atoms with E-state index in [0.717, 1.165) is 11.3 Å². The first-order chi connectivity index (χ1) is 12.6. The number of hydrogen-bond acceptors (Lipinski definition) is 4. The number of anilines is 2. The first-order valence-corrected chi connectivity index (χ1v) is 8.70. The average Bonchev–Trinajstić information content (AvgIpc) is 3.05. The highest BCUT2D eigenvalue weighted by Gasteiger charge is 2.38. The third-order valence-corrected chi connectivity index (χ3v) is 4.68. The van der Waals surface area contributed by atoms with Crippen molar-refractivity contribution in [3.8, 4) is 11.5 Å². The van der Waals surface area contributed by atoms with E-state index in [4.69, 9.17) is 9.47 Å². The Morgan fingerprint density at radius 1 is 1.08 bits per heavy atom. The fourth-order valence-corrected chi connectivity index (χ4v) is 3.25. The molecule has 0 radical (unpaired) electrons. The van der Waals surface area contributed by atoms with Crippen LogP contribution in [0.15, 0.2) is 42.5 Å². The number of aryl methyl sites for hydroxylation is 1. The van der Waals surface area contributed by atoms with Crippen LogP contribution in [0.5, 0.6) is 11.5 Å². The molecule has 0 aromatic heterocycles. The summed E-state index contributed by atoms with van der Waals surface area (Å²) in [6.07, 6.45) is 0.491. The van der Waals surface area contributed by atoms with Crippen molar-refractivity contribution in [2.24, 2.45) is 5.92 Å². The summed E-state index contributed by atoms with van der Waals surface area (Å²) in [6.45, 7) is 3.50. The van der Waals surface area contributed by atoms with Gasteiger partial charge >= 0.3 is 0 Å². The molecule has 4 rings (SSSR count). The topological polar surface area (TPSA) is 67.9 Å². The van der Waals surface area contributed by atoms with Crippen molar-refractivity contribution in [1.29, 1.82) is 0 Å². The molecule has 134 valence electrons. The highest BCUT2D eigenvalue weighted by atomic mass is 16.6. The molecule has 0 bridgehead atoms. The lowest BCUT2D eigenvalue weighted by atomic mass is 10.1. The van der Waals surface area contributed by atoms with Crippen LogP contribution in [0.1, 0.15) is 12.0 Å². The fourth-order valence-electron chi connectivity index (χ4n) is 3.25. The van der Waals surface area contributed by atoms with Crippen molar-refractivity contribution in [2.75, 3.05) is 30.0 Å². The number of benzene rings is 2. The Kier molecular flexibility index (Phi) is 4.24. The lowest BCUT2D eigenvalue weighted by Gasteiger charge is -2.22. The Morgan fingerprint density at radius 2 is 1.81 bits per heavy atom. The van der Waals surface area contributed by atoms with E-state index in [9.17, 15) is 9.59 Å². The van der Waals surface area contributed by atoms with Gasteiger partial charge in [-0.1, -0.05) is 17.7 Å². The van der Waals surface area contributed by atoms with Gasteiger partial charge in [0, 0.05) is 24.0 Å². The van der Waals surface area contributed by atoms with Crippen LogP contribution in [0.2, 0.25) is 0 Å². The third kappa shape index (κ3) is 3.10. The molecule has 2 aromatic carbocycles. The van der Waals surface area contributed by atoms with E-state index in [1.54, 1.807) is 17.0 Å². The number of ether oxygens (including phenoxy) is 2. The van der Waals surface area contributed by atoms with Crippen LogP contribution in [0, 0.1) is 12.8 Å². The lowest BCUT2D eigenvalue weighted by Crippen LogP contribution is -2.33. The molecule has 1 N–H and O–H groups in total. The number of rotatable bonds is 3. The minimum absolute atomic E-state index is 0.189. The van der Waals surface area contributed by atoms with Crippen LogP contribution in [-0.2, 0) is 9.59 Å². The SMILES string of the molecule is Cc1ccc(NC(=O)C2CCN(c3ccc4c(c3)OCCO4)C2=O)cc1. The summed E-state index contributed by atoms with van der Waals surface area (Å²) in [4.78, 5) is 26.9. The predicted octanol–water partition coefficient (Wildman–Crippen LogP) is 2.76. The molecule has 1 fully saturated rings. The molecule has 26 heavy (non-hydrogen) atoms. The van der Waals surface area contributed by atoms with Crippen molar-refractivity contribution >= 4 is 23.2 Å². The number of nitrogens with zero attached hydrogens (tertiary/aromatic N) is 1. The summed E-state index contributed by atoms with van der Waals surface area (Å²) in [5, 5.41) is 2.83. The molecule has 0 spiro atoms. The van der Waals surface area contributed by atoms with Gasteiger partial charge in [-0.15, -0.1) is 0 Å². The molecule has 6 heteroatoms. The quantitative estimate of drug-likeness (QED) is 0.863. The molecule has 2 heterocycles. The van der Waals surface area contributed by atoms with Crippen LogP contribution in [0.25, 0.3) is 0 Å². The van der Waals surface area contributed by atoms with Crippen LogP contribution < -0.4 is 19.7 Å².